The monoisotopic (exact) mass is 588 g/mol. The van der Waals surface area contributed by atoms with Crippen LogP contribution in [0.25, 0.3) is 0 Å². The van der Waals surface area contributed by atoms with Crippen molar-refractivity contribution in [3.05, 3.63) is 100 Å². The topological polar surface area (TPSA) is 96.2 Å². The molecule has 0 saturated heterocycles. The van der Waals surface area contributed by atoms with E-state index in [2.05, 4.69) is 19.6 Å². The van der Waals surface area contributed by atoms with E-state index in [1.165, 1.54) is 0 Å². The highest BCUT2D eigenvalue weighted by atomic mass is 16.6. The predicted octanol–water partition coefficient (Wildman–Crippen LogP) is 6.64. The van der Waals surface area contributed by atoms with Crippen molar-refractivity contribution in [1.29, 1.82) is 0 Å². The van der Waals surface area contributed by atoms with Gasteiger partial charge in [-0.05, 0) is 92.4 Å². The SMILES string of the molecule is CC(C=C=C1C(C)(C)CC(O)CC1(C)O)=CC=CC=CC=C(C)C=C1C=C(C2C=C3C(C)(C)CC(O)CC3(C)O2)C(=O)O1. The Morgan fingerprint density at radius 2 is 1.49 bits per heavy atom. The lowest BCUT2D eigenvalue weighted by molar-refractivity contribution is -0.135. The van der Waals surface area contributed by atoms with Gasteiger partial charge < -0.3 is 24.8 Å². The van der Waals surface area contributed by atoms with Gasteiger partial charge in [-0.25, -0.2) is 4.79 Å². The molecule has 0 aromatic rings. The molecule has 5 atom stereocenters. The minimum atomic E-state index is -1.08. The van der Waals surface area contributed by atoms with Gasteiger partial charge in [-0.2, -0.15) is 0 Å². The molecule has 0 amide bonds. The molecule has 4 aliphatic rings. The minimum Gasteiger partial charge on any atom is -0.423 e. The number of fused-ring (bicyclic) bond motifs is 1. The molecule has 0 aromatic carbocycles. The van der Waals surface area contributed by atoms with Crippen molar-refractivity contribution < 1.29 is 29.6 Å². The molecular weight excluding hydrogens is 540 g/mol. The molecule has 0 aromatic heterocycles. The third-order valence-corrected chi connectivity index (χ3v) is 8.89. The zero-order valence-corrected chi connectivity index (χ0v) is 26.9. The van der Waals surface area contributed by atoms with Crippen LogP contribution in [-0.2, 0) is 14.3 Å². The number of hydrogen-bond donors (Lipinski definition) is 3. The zero-order valence-electron chi connectivity index (χ0n) is 26.9. The summed E-state index contributed by atoms with van der Waals surface area (Å²) in [7, 11) is 0. The molecule has 0 spiro atoms. The molecule has 2 fully saturated rings. The van der Waals surface area contributed by atoms with Gasteiger partial charge in [-0.3, -0.25) is 0 Å². The van der Waals surface area contributed by atoms with Crippen LogP contribution in [0.5, 0.6) is 0 Å². The maximum Gasteiger partial charge on any atom is 0.342 e. The van der Waals surface area contributed by atoms with Crippen LogP contribution < -0.4 is 0 Å². The van der Waals surface area contributed by atoms with Gasteiger partial charge in [-0.1, -0.05) is 64.2 Å². The summed E-state index contributed by atoms with van der Waals surface area (Å²) < 4.78 is 11.9. The van der Waals surface area contributed by atoms with Crippen molar-refractivity contribution in [2.24, 2.45) is 10.8 Å². The van der Waals surface area contributed by atoms with Gasteiger partial charge in [0.05, 0.1) is 29.0 Å². The van der Waals surface area contributed by atoms with Crippen LogP contribution in [0.1, 0.15) is 81.1 Å². The van der Waals surface area contributed by atoms with Crippen LogP contribution in [0.3, 0.4) is 0 Å². The van der Waals surface area contributed by atoms with E-state index in [-0.39, 0.29) is 10.8 Å². The lowest BCUT2D eigenvalue weighted by Crippen LogP contribution is -2.45. The maximum atomic E-state index is 12.7. The Labute approximate surface area is 256 Å². The fraction of sp³-hybridized carbons (Fsp3) is 0.514. The van der Waals surface area contributed by atoms with Gasteiger partial charge in [0.15, 0.2) is 0 Å². The van der Waals surface area contributed by atoms with Gasteiger partial charge in [0.25, 0.3) is 0 Å². The fourth-order valence-electron chi connectivity index (χ4n) is 7.31. The number of ether oxygens (including phenoxy) is 2. The molecule has 4 rings (SSSR count). The second kappa shape index (κ2) is 12.2. The normalized spacial score (nSPS) is 35.2. The van der Waals surface area contributed by atoms with E-state index in [0.29, 0.717) is 37.0 Å². The van der Waals surface area contributed by atoms with E-state index in [1.54, 1.807) is 13.0 Å². The van der Waals surface area contributed by atoms with Crippen molar-refractivity contribution in [2.45, 2.75) is 111 Å². The highest BCUT2D eigenvalue weighted by molar-refractivity contribution is 5.94. The molecule has 0 bridgehead atoms. The highest BCUT2D eigenvalue weighted by Gasteiger charge is 2.52. The van der Waals surface area contributed by atoms with Crippen molar-refractivity contribution in [3.63, 3.8) is 0 Å². The number of allylic oxidation sites excluding steroid dienone is 10. The summed E-state index contributed by atoms with van der Waals surface area (Å²) in [6.07, 6.45) is 19.8. The average molecular weight is 589 g/mol. The Kier molecular flexibility index (Phi) is 9.33. The van der Waals surface area contributed by atoms with Gasteiger partial charge >= 0.3 is 5.97 Å². The van der Waals surface area contributed by atoms with Crippen LogP contribution in [-0.4, -0.2) is 50.8 Å². The molecule has 43 heavy (non-hydrogen) atoms. The first-order valence-corrected chi connectivity index (χ1v) is 15.2. The third kappa shape index (κ3) is 7.57. The summed E-state index contributed by atoms with van der Waals surface area (Å²) in [5.41, 5.74) is 5.44. The molecule has 2 aliphatic heterocycles. The average Bonchev–Trinajstić information content (AvgIpc) is 3.38. The Balaban J connectivity index is 1.38. The number of aliphatic hydroxyl groups is 3. The summed E-state index contributed by atoms with van der Waals surface area (Å²) >= 11 is 0. The standard InChI is InChI=1S/C37H48O6/c1-24(15-16-31-34(3,4)20-26(38)22-36(31,7)41)13-11-9-10-12-14-25(2)17-28-18-29(33(40)42-28)30-19-32-35(5,6)21-27(39)23-37(32,8)43-30/h9-15,17-19,26-27,30,38-39,41H,20-23H2,1-8H3. The number of carbonyl (C=O) groups is 1. The quantitative estimate of drug-likeness (QED) is 0.139. The van der Waals surface area contributed by atoms with Gasteiger partial charge in [0.2, 0.25) is 0 Å². The van der Waals surface area contributed by atoms with E-state index in [4.69, 9.17) is 9.47 Å². The number of esters is 1. The largest absolute Gasteiger partial charge is 0.423 e. The highest BCUT2D eigenvalue weighted by Crippen LogP contribution is 2.52. The number of hydrogen-bond acceptors (Lipinski definition) is 6. The van der Waals surface area contributed by atoms with Gasteiger partial charge in [0, 0.05) is 18.4 Å². The second-order valence-electron chi connectivity index (χ2n) is 14.3. The van der Waals surface area contributed by atoms with E-state index >= 15 is 0 Å². The van der Waals surface area contributed by atoms with E-state index in [0.717, 1.165) is 22.3 Å². The number of rotatable bonds is 6. The molecule has 6 heteroatoms. The first-order valence-electron chi connectivity index (χ1n) is 15.2. The molecular formula is C37H48O6. The maximum absolute atomic E-state index is 12.7. The smallest absolute Gasteiger partial charge is 0.342 e. The van der Waals surface area contributed by atoms with E-state index < -0.39 is 35.5 Å². The van der Waals surface area contributed by atoms with Crippen LogP contribution in [0.4, 0.5) is 0 Å². The van der Waals surface area contributed by atoms with Crippen LogP contribution in [0.15, 0.2) is 100 Å². The Hall–Kier alpha value is -2.99. The number of cyclic esters (lactones) is 1. The summed E-state index contributed by atoms with van der Waals surface area (Å²) in [5, 5.41) is 31.3. The molecule has 2 saturated carbocycles. The van der Waals surface area contributed by atoms with Crippen molar-refractivity contribution in [1.82, 2.24) is 0 Å². The van der Waals surface area contributed by atoms with E-state index in [9.17, 15) is 20.1 Å². The summed E-state index contributed by atoms with van der Waals surface area (Å²) in [6, 6.07) is 0. The molecule has 232 valence electrons. The fourth-order valence-corrected chi connectivity index (χ4v) is 7.31. The predicted molar refractivity (Wildman–Crippen MR) is 170 cm³/mol. The number of aliphatic hydroxyl groups excluding tert-OH is 2. The van der Waals surface area contributed by atoms with Crippen molar-refractivity contribution in [2.75, 3.05) is 0 Å². The van der Waals surface area contributed by atoms with Crippen LogP contribution in [0, 0.1) is 10.8 Å². The lowest BCUT2D eigenvalue weighted by atomic mass is 9.65. The number of carbonyl (C=O) groups excluding carboxylic acids is 1. The lowest BCUT2D eigenvalue weighted by Gasteiger charge is -2.44. The molecule has 6 nitrogen and oxygen atoms in total. The Bertz CT molecular complexity index is 1400. The Morgan fingerprint density at radius 1 is 0.884 bits per heavy atom. The van der Waals surface area contributed by atoms with Crippen LogP contribution >= 0.6 is 0 Å². The van der Waals surface area contributed by atoms with Crippen molar-refractivity contribution >= 4 is 5.97 Å². The first kappa shape index (κ1) is 32.9. The van der Waals surface area contributed by atoms with Gasteiger partial charge in [-0.15, -0.1) is 5.73 Å². The Morgan fingerprint density at radius 3 is 2.14 bits per heavy atom. The van der Waals surface area contributed by atoms with E-state index in [1.807, 2.05) is 89.3 Å². The molecule has 2 aliphatic carbocycles. The van der Waals surface area contributed by atoms with Gasteiger partial charge in [0.1, 0.15) is 11.9 Å². The minimum absolute atomic E-state index is 0.203. The second-order valence-corrected chi connectivity index (χ2v) is 14.3. The molecule has 5 unspecified atom stereocenters. The summed E-state index contributed by atoms with van der Waals surface area (Å²) in [6.45, 7) is 15.9. The molecule has 3 N–H and O–H groups in total. The molecule has 2 heterocycles. The summed E-state index contributed by atoms with van der Waals surface area (Å²) in [5.74, 6) is 0.0770. The van der Waals surface area contributed by atoms with Crippen molar-refractivity contribution in [3.8, 4) is 0 Å². The zero-order chi connectivity index (χ0) is 31.8. The van der Waals surface area contributed by atoms with Crippen LogP contribution in [0.2, 0.25) is 0 Å². The molecule has 0 radical (unpaired) electrons. The first-order chi connectivity index (χ1) is 19.9. The summed E-state index contributed by atoms with van der Waals surface area (Å²) in [4.78, 5) is 12.7. The third-order valence-electron chi connectivity index (χ3n) is 8.89.